The van der Waals surface area contributed by atoms with Gasteiger partial charge in [-0.2, -0.15) is 0 Å². The van der Waals surface area contributed by atoms with E-state index in [0.717, 1.165) is 16.8 Å². The third-order valence-corrected chi connectivity index (χ3v) is 5.93. The number of aliphatic carboxylic acids is 1. The van der Waals surface area contributed by atoms with Crippen molar-refractivity contribution in [2.45, 2.75) is 31.5 Å². The third-order valence-electron chi connectivity index (χ3n) is 5.67. The summed E-state index contributed by atoms with van der Waals surface area (Å²) in [6.45, 7) is 4.73. The fourth-order valence-electron chi connectivity index (χ4n) is 4.23. The Morgan fingerprint density at radius 1 is 1.18 bits per heavy atom. The van der Waals surface area contributed by atoms with Crippen molar-refractivity contribution in [1.29, 1.82) is 0 Å². The molecule has 33 heavy (non-hydrogen) atoms. The van der Waals surface area contributed by atoms with E-state index in [4.69, 9.17) is 12.6 Å². The normalized spacial score (nSPS) is 18.5. The van der Waals surface area contributed by atoms with Crippen molar-refractivity contribution < 1.29 is 117 Å². The Balaban J connectivity index is 0.00000193. The molecule has 2 atom stereocenters. The van der Waals surface area contributed by atoms with Gasteiger partial charge in [0.05, 0.1) is 18.7 Å². The standard InChI is InChI=1S/C21H22N6O3S.2K/c1-13-5-3-6-14(2)19(13)27(12-17(27)20(29)30)10-9-18(28)22-15-7-4-8-16(11-15)26-21(31)23-24-25-26;;/h3-8,11,17H,9-10,12H2,1-2H3,(H2-,22,23,25,28,29,30,31);;/q;2*+1/p-1. The average Bonchev–Trinajstić information content (AvgIpc) is 3.30. The summed E-state index contributed by atoms with van der Waals surface area (Å²) < 4.78 is 1.63. The molecule has 1 aliphatic heterocycles. The molecule has 9 nitrogen and oxygen atoms in total. The molecule has 0 aliphatic carbocycles. The molecular formula is C21H21K2N6O3S+. The van der Waals surface area contributed by atoms with E-state index in [-0.39, 0.29) is 125 Å². The van der Waals surface area contributed by atoms with E-state index in [9.17, 15) is 14.7 Å². The average molecular weight is 516 g/mol. The molecule has 0 radical (unpaired) electrons. The minimum atomic E-state index is -1.09. The quantitative estimate of drug-likeness (QED) is 0.145. The molecule has 2 unspecified atom stereocenters. The van der Waals surface area contributed by atoms with Gasteiger partial charge in [0, 0.05) is 22.0 Å². The molecule has 1 fully saturated rings. The molecular weight excluding hydrogens is 495 g/mol. The number of quaternary nitrogens is 1. The second-order valence-electron chi connectivity index (χ2n) is 7.74. The molecule has 4 rings (SSSR count). The number of nitrogens with one attached hydrogen (secondary N) is 1. The molecule has 12 heteroatoms. The van der Waals surface area contributed by atoms with Crippen LogP contribution < -0.4 is 118 Å². The molecule has 0 spiro atoms. The van der Waals surface area contributed by atoms with Crippen LogP contribution in [0.2, 0.25) is 0 Å². The number of tetrazole rings is 1. The van der Waals surface area contributed by atoms with Crippen LogP contribution in [0.25, 0.3) is 5.69 Å². The second kappa shape index (κ2) is 12.2. The predicted molar refractivity (Wildman–Crippen MR) is 114 cm³/mol. The number of nitrogens with zero attached hydrogens (tertiary/aromatic N) is 5. The van der Waals surface area contributed by atoms with Gasteiger partial charge in [0.2, 0.25) is 5.91 Å². The monoisotopic (exact) mass is 515 g/mol. The van der Waals surface area contributed by atoms with E-state index in [1.165, 1.54) is 4.68 Å². The fourth-order valence-corrected chi connectivity index (χ4v) is 4.41. The number of aromatic nitrogens is 4. The number of benzene rings is 2. The summed E-state index contributed by atoms with van der Waals surface area (Å²) in [5.74, 6) is -1.29. The Hall–Kier alpha value is -0.0973. The van der Waals surface area contributed by atoms with Crippen LogP contribution in [0, 0.1) is 13.8 Å². The van der Waals surface area contributed by atoms with Crippen LogP contribution in [0.5, 0.6) is 0 Å². The van der Waals surface area contributed by atoms with E-state index in [0.29, 0.717) is 24.5 Å². The van der Waals surface area contributed by atoms with E-state index < -0.39 is 12.0 Å². The Kier molecular flexibility index (Phi) is 10.8. The maximum absolute atomic E-state index is 12.7. The van der Waals surface area contributed by atoms with Crippen molar-refractivity contribution in [3.8, 4) is 5.69 Å². The molecule has 160 valence electrons. The van der Waals surface area contributed by atoms with Gasteiger partial charge in [-0.15, -0.1) is 5.10 Å². The number of hydrogen-bond donors (Lipinski definition) is 1. The third kappa shape index (κ3) is 6.37. The van der Waals surface area contributed by atoms with Gasteiger partial charge in [0.15, 0.2) is 6.04 Å². The minimum Gasteiger partial charge on any atom is -0.738 e. The van der Waals surface area contributed by atoms with Gasteiger partial charge >= 0.3 is 103 Å². The molecule has 2 aromatic carbocycles. The number of carbonyl (C=O) groups excluding carboxylic acids is 2. The summed E-state index contributed by atoms with van der Waals surface area (Å²) in [5.41, 5.74) is 4.20. The smallest absolute Gasteiger partial charge is 0.738 e. The number of carboxylic acids is 1. The Bertz CT molecular complexity index is 1150. The van der Waals surface area contributed by atoms with Gasteiger partial charge in [0.25, 0.3) is 0 Å². The molecule has 3 aromatic rings. The van der Waals surface area contributed by atoms with Gasteiger partial charge in [0.1, 0.15) is 18.2 Å². The van der Waals surface area contributed by atoms with Crippen LogP contribution >= 0.6 is 0 Å². The zero-order valence-corrected chi connectivity index (χ0v) is 26.2. The van der Waals surface area contributed by atoms with E-state index >= 15 is 0 Å². The first-order chi connectivity index (χ1) is 14.8. The number of anilines is 1. The Morgan fingerprint density at radius 2 is 1.85 bits per heavy atom. The van der Waals surface area contributed by atoms with Crippen molar-refractivity contribution in [2.75, 3.05) is 18.4 Å². The summed E-state index contributed by atoms with van der Waals surface area (Å²) in [5, 5.41) is 25.8. The zero-order valence-electron chi connectivity index (χ0n) is 19.1. The first-order valence-corrected chi connectivity index (χ1v) is 10.2. The van der Waals surface area contributed by atoms with Gasteiger partial charge in [-0.05, 0) is 42.5 Å². The van der Waals surface area contributed by atoms with Crippen molar-refractivity contribution in [3.63, 3.8) is 0 Å². The van der Waals surface area contributed by atoms with Crippen LogP contribution in [0.3, 0.4) is 0 Å². The van der Waals surface area contributed by atoms with E-state index in [2.05, 4.69) is 20.8 Å². The largest absolute Gasteiger partial charge is 1.00 e. The van der Waals surface area contributed by atoms with Crippen molar-refractivity contribution in [1.82, 2.24) is 24.7 Å². The molecule has 1 aromatic heterocycles. The second-order valence-corrected chi connectivity index (χ2v) is 8.10. The van der Waals surface area contributed by atoms with Crippen LogP contribution in [0.1, 0.15) is 17.5 Å². The van der Waals surface area contributed by atoms with Crippen LogP contribution in [-0.4, -0.2) is 51.2 Å². The molecule has 0 bridgehead atoms. The van der Waals surface area contributed by atoms with Crippen molar-refractivity contribution in [3.05, 3.63) is 53.6 Å². The Morgan fingerprint density at radius 3 is 2.42 bits per heavy atom. The molecule has 0 saturated carbocycles. The number of amides is 1. The van der Waals surface area contributed by atoms with E-state index in [1.807, 2.05) is 32.0 Å². The van der Waals surface area contributed by atoms with Crippen molar-refractivity contribution in [2.24, 2.45) is 0 Å². The van der Waals surface area contributed by atoms with Crippen LogP contribution in [0.4, 0.5) is 11.4 Å². The summed E-state index contributed by atoms with van der Waals surface area (Å²) in [7, 11) is 0. The van der Waals surface area contributed by atoms with Crippen molar-refractivity contribution >= 4 is 35.9 Å². The SMILES string of the molecule is Cc1cccc(C)c1[N+]1(CCC(=O)Nc2cccc(-n3nnnc3[S-])c2)CC1C(=O)[O-].[K+].[K+]. The number of carboxylic acid groups (broad SMARTS) is 1. The van der Waals surface area contributed by atoms with Gasteiger partial charge in [-0.3, -0.25) is 9.28 Å². The first kappa shape index (κ1) is 29.1. The van der Waals surface area contributed by atoms with Crippen LogP contribution in [0.15, 0.2) is 47.6 Å². The summed E-state index contributed by atoms with van der Waals surface area (Å²) in [6.07, 6.45) is 0.166. The van der Waals surface area contributed by atoms with Gasteiger partial charge in [-0.1, -0.05) is 24.3 Å². The molecule has 1 amide bonds. The summed E-state index contributed by atoms with van der Waals surface area (Å²) in [6, 6.07) is 12.3. The molecule has 1 saturated heterocycles. The first-order valence-electron chi connectivity index (χ1n) is 9.82. The molecule has 1 N–H and O–H groups in total. The maximum Gasteiger partial charge on any atom is 1.00 e. The Labute approximate surface area is 282 Å². The van der Waals surface area contributed by atoms with Gasteiger partial charge in [-0.25, -0.2) is 4.68 Å². The van der Waals surface area contributed by atoms with E-state index in [1.54, 1.807) is 24.3 Å². The predicted octanol–water partition coefficient (Wildman–Crippen LogP) is -5.34. The van der Waals surface area contributed by atoms with Crippen LogP contribution in [-0.2, 0) is 22.2 Å². The number of rotatable bonds is 7. The summed E-state index contributed by atoms with van der Waals surface area (Å²) >= 11 is 5.07. The number of para-hydroxylation sites is 1. The molecule has 1 aliphatic rings. The molecule has 2 heterocycles. The van der Waals surface area contributed by atoms with Gasteiger partial charge < -0.3 is 27.8 Å². The zero-order chi connectivity index (χ0) is 22.2. The fraction of sp³-hybridized carbons (Fsp3) is 0.286. The number of aryl methyl sites for hydroxylation is 2. The maximum atomic E-state index is 12.7. The minimum absolute atomic E-state index is 0. The number of hydrogen-bond acceptors (Lipinski definition) is 7. The summed E-state index contributed by atoms with van der Waals surface area (Å²) in [4.78, 5) is 24.3. The topological polar surface area (TPSA) is 113 Å². The number of carbonyl (C=O) groups is 2.